The van der Waals surface area contributed by atoms with Crippen molar-refractivity contribution in [2.45, 2.75) is 13.3 Å². The Balaban J connectivity index is 3.92. The molecule has 0 rings (SSSR count). The normalized spacial score (nSPS) is 12.8. The van der Waals surface area contributed by atoms with E-state index in [-0.39, 0.29) is 0 Å². The summed E-state index contributed by atoms with van der Waals surface area (Å²) in [6, 6.07) is 0. The summed E-state index contributed by atoms with van der Waals surface area (Å²) in [5, 5.41) is 0.771. The lowest BCUT2D eigenvalue weighted by Gasteiger charge is -1.79. The summed E-state index contributed by atoms with van der Waals surface area (Å²) in [5.74, 6) is 0. The molecule has 0 amide bonds. The van der Waals surface area contributed by atoms with E-state index in [0.717, 1.165) is 5.41 Å². The van der Waals surface area contributed by atoms with Crippen molar-refractivity contribution in [3.63, 3.8) is 0 Å². The minimum atomic E-state index is -3.87. The molecule has 0 aliphatic heterocycles. The molecular formula is C4H8O3S. The first kappa shape index (κ1) is 7.65. The highest BCUT2D eigenvalue weighted by molar-refractivity contribution is 7.88. The van der Waals surface area contributed by atoms with Crippen LogP contribution in [0.25, 0.3) is 0 Å². The Hall–Kier alpha value is -0.350. The van der Waals surface area contributed by atoms with Crippen LogP contribution in [0.2, 0.25) is 0 Å². The van der Waals surface area contributed by atoms with Crippen molar-refractivity contribution in [2.75, 3.05) is 0 Å². The molecule has 0 aromatic heterocycles. The topological polar surface area (TPSA) is 54.4 Å². The molecular weight excluding hydrogens is 128 g/mol. The number of hydrogen-bond donors (Lipinski definition) is 1. The molecule has 0 aliphatic rings. The Morgan fingerprint density at radius 3 is 2.25 bits per heavy atom. The van der Waals surface area contributed by atoms with Crippen LogP contribution in [-0.2, 0) is 10.1 Å². The highest BCUT2D eigenvalue weighted by Gasteiger charge is 1.91. The number of rotatable bonds is 2. The first-order valence-corrected chi connectivity index (χ1v) is 3.70. The Morgan fingerprint density at radius 2 is 2.12 bits per heavy atom. The predicted molar refractivity (Wildman–Crippen MR) is 31.0 cm³/mol. The molecule has 0 saturated carbocycles. The van der Waals surface area contributed by atoms with Crippen molar-refractivity contribution in [1.29, 1.82) is 0 Å². The summed E-state index contributed by atoms with van der Waals surface area (Å²) in [7, 11) is -3.87. The van der Waals surface area contributed by atoms with Crippen LogP contribution in [0.3, 0.4) is 0 Å². The van der Waals surface area contributed by atoms with Crippen LogP contribution in [0.5, 0.6) is 0 Å². The summed E-state index contributed by atoms with van der Waals surface area (Å²) in [5.41, 5.74) is 0. The second-order valence-corrected chi connectivity index (χ2v) is 2.60. The lowest BCUT2D eigenvalue weighted by Crippen LogP contribution is -1.88. The van der Waals surface area contributed by atoms with Crippen molar-refractivity contribution >= 4 is 10.1 Å². The predicted octanol–water partition coefficient (Wildman–Crippen LogP) is 0.798. The molecule has 0 heterocycles. The first-order valence-electron chi connectivity index (χ1n) is 2.20. The van der Waals surface area contributed by atoms with Crippen LogP contribution in [0.4, 0.5) is 0 Å². The molecule has 0 saturated heterocycles. The minimum Gasteiger partial charge on any atom is -0.282 e. The maximum atomic E-state index is 9.86. The van der Waals surface area contributed by atoms with E-state index in [9.17, 15) is 8.42 Å². The standard InChI is InChI=1S/C4H8O3S/c1-2-3-4-8(5,6)7/h3-4H,2H2,1H3,(H,5,6,7)/b4-3-. The quantitative estimate of drug-likeness (QED) is 0.571. The molecule has 1 N–H and O–H groups in total. The second kappa shape index (κ2) is 2.84. The molecule has 3 nitrogen and oxygen atoms in total. The Labute approximate surface area is 48.8 Å². The van der Waals surface area contributed by atoms with Crippen LogP contribution in [0.15, 0.2) is 11.5 Å². The van der Waals surface area contributed by atoms with Crippen molar-refractivity contribution in [1.82, 2.24) is 0 Å². The number of allylic oxidation sites excluding steroid dienone is 1. The molecule has 0 aliphatic carbocycles. The van der Waals surface area contributed by atoms with Gasteiger partial charge in [0.1, 0.15) is 0 Å². The van der Waals surface area contributed by atoms with E-state index in [1.165, 1.54) is 6.08 Å². The van der Waals surface area contributed by atoms with Crippen molar-refractivity contribution < 1.29 is 13.0 Å². The maximum Gasteiger partial charge on any atom is 0.287 e. The van der Waals surface area contributed by atoms with Gasteiger partial charge in [-0.15, -0.1) is 0 Å². The van der Waals surface area contributed by atoms with Gasteiger partial charge in [-0.2, -0.15) is 8.42 Å². The van der Waals surface area contributed by atoms with Gasteiger partial charge in [0.05, 0.1) is 5.41 Å². The smallest absolute Gasteiger partial charge is 0.282 e. The molecule has 0 bridgehead atoms. The summed E-state index contributed by atoms with van der Waals surface area (Å²) in [6.45, 7) is 1.78. The van der Waals surface area contributed by atoms with Crippen LogP contribution in [0, 0.1) is 0 Å². The molecule has 4 heteroatoms. The van der Waals surface area contributed by atoms with Gasteiger partial charge in [0.25, 0.3) is 10.1 Å². The Morgan fingerprint density at radius 1 is 1.62 bits per heavy atom. The van der Waals surface area contributed by atoms with Gasteiger partial charge in [0, 0.05) is 0 Å². The summed E-state index contributed by atoms with van der Waals surface area (Å²) in [6.07, 6.45) is 1.98. The average molecular weight is 136 g/mol. The zero-order chi connectivity index (χ0) is 6.62. The van der Waals surface area contributed by atoms with E-state index in [0.29, 0.717) is 6.42 Å². The third-order valence-electron chi connectivity index (χ3n) is 0.504. The number of hydrogen-bond acceptors (Lipinski definition) is 2. The Bertz CT molecular complexity index is 166. The minimum absolute atomic E-state index is 0.611. The second-order valence-electron chi connectivity index (χ2n) is 1.30. The largest absolute Gasteiger partial charge is 0.287 e. The highest BCUT2D eigenvalue weighted by Crippen LogP contribution is 1.86. The molecule has 0 fully saturated rings. The average Bonchev–Trinajstić information content (AvgIpc) is 1.59. The molecule has 48 valence electrons. The van der Waals surface area contributed by atoms with Crippen LogP contribution in [0.1, 0.15) is 13.3 Å². The molecule has 8 heavy (non-hydrogen) atoms. The van der Waals surface area contributed by atoms with Crippen LogP contribution < -0.4 is 0 Å². The van der Waals surface area contributed by atoms with Crippen LogP contribution in [-0.4, -0.2) is 13.0 Å². The lowest BCUT2D eigenvalue weighted by atomic mass is 10.5. The Kier molecular flexibility index (Phi) is 2.71. The molecule has 0 aromatic rings. The van der Waals surface area contributed by atoms with Crippen LogP contribution >= 0.6 is 0 Å². The van der Waals surface area contributed by atoms with Crippen molar-refractivity contribution in [3.8, 4) is 0 Å². The highest BCUT2D eigenvalue weighted by atomic mass is 32.2. The van der Waals surface area contributed by atoms with Gasteiger partial charge in [-0.1, -0.05) is 13.0 Å². The van der Waals surface area contributed by atoms with E-state index < -0.39 is 10.1 Å². The SMILES string of the molecule is CC/C=C\S(=O)(=O)O. The fourth-order valence-corrected chi connectivity index (χ4v) is 0.653. The van der Waals surface area contributed by atoms with Crippen molar-refractivity contribution in [3.05, 3.63) is 11.5 Å². The zero-order valence-electron chi connectivity index (χ0n) is 4.53. The third-order valence-corrected chi connectivity index (χ3v) is 1.04. The zero-order valence-corrected chi connectivity index (χ0v) is 5.35. The van der Waals surface area contributed by atoms with Gasteiger partial charge in [0.2, 0.25) is 0 Å². The van der Waals surface area contributed by atoms with Gasteiger partial charge >= 0.3 is 0 Å². The van der Waals surface area contributed by atoms with Gasteiger partial charge in [-0.05, 0) is 6.42 Å². The monoisotopic (exact) mass is 136 g/mol. The summed E-state index contributed by atoms with van der Waals surface area (Å²) < 4.78 is 27.8. The van der Waals surface area contributed by atoms with E-state index in [2.05, 4.69) is 0 Å². The van der Waals surface area contributed by atoms with E-state index in [1.54, 1.807) is 6.92 Å². The van der Waals surface area contributed by atoms with Gasteiger partial charge in [0.15, 0.2) is 0 Å². The van der Waals surface area contributed by atoms with Gasteiger partial charge in [-0.3, -0.25) is 4.55 Å². The lowest BCUT2D eigenvalue weighted by molar-refractivity contribution is 0.494. The molecule has 0 unspecified atom stereocenters. The fraction of sp³-hybridized carbons (Fsp3) is 0.500. The molecule has 0 atom stereocenters. The fourth-order valence-electron chi connectivity index (χ4n) is 0.218. The van der Waals surface area contributed by atoms with Gasteiger partial charge in [-0.25, -0.2) is 0 Å². The summed E-state index contributed by atoms with van der Waals surface area (Å²) >= 11 is 0. The third kappa shape index (κ3) is 5.65. The van der Waals surface area contributed by atoms with E-state index in [4.69, 9.17) is 4.55 Å². The van der Waals surface area contributed by atoms with Crippen molar-refractivity contribution in [2.24, 2.45) is 0 Å². The molecule has 0 aromatic carbocycles. The molecule has 0 radical (unpaired) electrons. The summed E-state index contributed by atoms with van der Waals surface area (Å²) in [4.78, 5) is 0. The van der Waals surface area contributed by atoms with Gasteiger partial charge < -0.3 is 0 Å². The van der Waals surface area contributed by atoms with E-state index in [1.807, 2.05) is 0 Å². The molecule has 0 spiro atoms. The maximum absolute atomic E-state index is 9.86. The first-order chi connectivity index (χ1) is 3.56. The van der Waals surface area contributed by atoms with E-state index >= 15 is 0 Å².